The SMILES string of the molecule is C=C(CC(=O)Nc1ccccc1OC)NNC(=O)CCCC. The highest BCUT2D eigenvalue weighted by Gasteiger charge is 2.09. The van der Waals surface area contributed by atoms with Crippen molar-refractivity contribution in [2.24, 2.45) is 0 Å². The third kappa shape index (κ3) is 6.30. The summed E-state index contributed by atoms with van der Waals surface area (Å²) in [5.41, 5.74) is 6.17. The molecular weight excluding hydrogens is 282 g/mol. The Morgan fingerprint density at radius 2 is 1.91 bits per heavy atom. The number of unbranched alkanes of at least 4 members (excludes halogenated alkanes) is 1. The number of benzene rings is 1. The van der Waals surface area contributed by atoms with Crippen LogP contribution in [0.3, 0.4) is 0 Å². The number of carbonyl (C=O) groups is 2. The predicted molar refractivity (Wildman–Crippen MR) is 86.2 cm³/mol. The molecule has 22 heavy (non-hydrogen) atoms. The lowest BCUT2D eigenvalue weighted by atomic mass is 10.2. The van der Waals surface area contributed by atoms with Gasteiger partial charge in [-0.25, -0.2) is 0 Å². The van der Waals surface area contributed by atoms with Crippen molar-refractivity contribution in [2.45, 2.75) is 32.6 Å². The van der Waals surface area contributed by atoms with E-state index in [1.807, 2.05) is 13.0 Å². The fourth-order valence-electron chi connectivity index (χ4n) is 1.74. The van der Waals surface area contributed by atoms with Crippen LogP contribution in [0.2, 0.25) is 0 Å². The van der Waals surface area contributed by atoms with Gasteiger partial charge < -0.3 is 15.5 Å². The third-order valence-electron chi connectivity index (χ3n) is 2.89. The molecule has 0 aliphatic carbocycles. The Kier molecular flexibility index (Phi) is 7.53. The van der Waals surface area contributed by atoms with Crippen LogP contribution >= 0.6 is 0 Å². The molecule has 6 heteroatoms. The van der Waals surface area contributed by atoms with Crippen LogP contribution < -0.4 is 20.9 Å². The molecule has 0 bridgehead atoms. The number of carbonyl (C=O) groups excluding carboxylic acids is 2. The van der Waals surface area contributed by atoms with E-state index in [0.29, 0.717) is 23.6 Å². The largest absolute Gasteiger partial charge is 0.495 e. The van der Waals surface area contributed by atoms with Gasteiger partial charge in [0.25, 0.3) is 0 Å². The van der Waals surface area contributed by atoms with Crippen molar-refractivity contribution in [2.75, 3.05) is 12.4 Å². The Bertz CT molecular complexity index is 529. The van der Waals surface area contributed by atoms with Crippen molar-refractivity contribution in [3.63, 3.8) is 0 Å². The van der Waals surface area contributed by atoms with Crippen LogP contribution in [0.5, 0.6) is 5.75 Å². The average molecular weight is 305 g/mol. The first-order chi connectivity index (χ1) is 10.6. The summed E-state index contributed by atoms with van der Waals surface area (Å²) < 4.78 is 5.16. The number of ether oxygens (including phenoxy) is 1. The Morgan fingerprint density at radius 3 is 2.59 bits per heavy atom. The molecule has 0 radical (unpaired) electrons. The topological polar surface area (TPSA) is 79.5 Å². The monoisotopic (exact) mass is 305 g/mol. The lowest BCUT2D eigenvalue weighted by Crippen LogP contribution is -2.37. The van der Waals surface area contributed by atoms with Gasteiger partial charge in [0.05, 0.1) is 19.2 Å². The Balaban J connectivity index is 2.38. The van der Waals surface area contributed by atoms with Crippen molar-refractivity contribution >= 4 is 17.5 Å². The zero-order chi connectivity index (χ0) is 16.4. The number of methoxy groups -OCH3 is 1. The number of nitrogens with one attached hydrogen (secondary N) is 3. The van der Waals surface area contributed by atoms with Crippen molar-refractivity contribution in [3.8, 4) is 5.75 Å². The summed E-state index contributed by atoms with van der Waals surface area (Å²) in [6.07, 6.45) is 2.28. The van der Waals surface area contributed by atoms with Gasteiger partial charge in [0.2, 0.25) is 11.8 Å². The number of rotatable bonds is 9. The first kappa shape index (κ1) is 17.6. The van der Waals surface area contributed by atoms with Crippen LogP contribution in [0.15, 0.2) is 36.5 Å². The van der Waals surface area contributed by atoms with E-state index in [1.165, 1.54) is 7.11 Å². The normalized spacial score (nSPS) is 9.73. The van der Waals surface area contributed by atoms with Crippen molar-refractivity contribution in [1.82, 2.24) is 10.9 Å². The molecule has 0 saturated carbocycles. The van der Waals surface area contributed by atoms with Crippen LogP contribution in [-0.2, 0) is 9.59 Å². The van der Waals surface area contributed by atoms with E-state index in [-0.39, 0.29) is 18.2 Å². The molecule has 1 aromatic rings. The lowest BCUT2D eigenvalue weighted by Gasteiger charge is -2.12. The number of hydrazine groups is 1. The Hall–Kier alpha value is -2.50. The first-order valence-corrected chi connectivity index (χ1v) is 7.22. The van der Waals surface area contributed by atoms with E-state index in [1.54, 1.807) is 18.2 Å². The Morgan fingerprint density at radius 1 is 1.18 bits per heavy atom. The molecule has 0 unspecified atom stereocenters. The molecule has 6 nitrogen and oxygen atoms in total. The summed E-state index contributed by atoms with van der Waals surface area (Å²) in [5.74, 6) is 0.222. The minimum Gasteiger partial charge on any atom is -0.495 e. The third-order valence-corrected chi connectivity index (χ3v) is 2.89. The summed E-state index contributed by atoms with van der Waals surface area (Å²) in [4.78, 5) is 23.4. The summed E-state index contributed by atoms with van der Waals surface area (Å²) in [7, 11) is 1.54. The highest BCUT2D eigenvalue weighted by molar-refractivity contribution is 5.93. The molecule has 0 saturated heterocycles. The first-order valence-electron chi connectivity index (χ1n) is 7.22. The Labute approximate surface area is 130 Å². The molecule has 0 fully saturated rings. The molecule has 120 valence electrons. The van der Waals surface area contributed by atoms with Crippen LogP contribution in [0.1, 0.15) is 32.6 Å². The van der Waals surface area contributed by atoms with Gasteiger partial charge >= 0.3 is 0 Å². The van der Waals surface area contributed by atoms with Gasteiger partial charge in [0.1, 0.15) is 5.75 Å². The molecule has 1 rings (SSSR count). The molecule has 0 atom stereocenters. The maximum absolute atomic E-state index is 11.9. The maximum atomic E-state index is 11.9. The van der Waals surface area contributed by atoms with Gasteiger partial charge in [-0.15, -0.1) is 0 Å². The van der Waals surface area contributed by atoms with E-state index < -0.39 is 0 Å². The van der Waals surface area contributed by atoms with E-state index in [4.69, 9.17) is 4.74 Å². The minimum absolute atomic E-state index is 0.0477. The maximum Gasteiger partial charge on any atom is 0.238 e. The smallest absolute Gasteiger partial charge is 0.238 e. The molecule has 2 amide bonds. The van der Waals surface area contributed by atoms with Gasteiger partial charge in [-0.1, -0.05) is 32.1 Å². The fraction of sp³-hybridized carbons (Fsp3) is 0.375. The van der Waals surface area contributed by atoms with Crippen molar-refractivity contribution in [3.05, 3.63) is 36.5 Å². The number of anilines is 1. The lowest BCUT2D eigenvalue weighted by molar-refractivity contribution is -0.122. The zero-order valence-corrected chi connectivity index (χ0v) is 13.1. The molecule has 0 aromatic heterocycles. The summed E-state index contributed by atoms with van der Waals surface area (Å²) in [5, 5.41) is 2.74. The van der Waals surface area contributed by atoms with Crippen LogP contribution in [0.25, 0.3) is 0 Å². The van der Waals surface area contributed by atoms with E-state index >= 15 is 0 Å². The highest BCUT2D eigenvalue weighted by Crippen LogP contribution is 2.23. The second kappa shape index (κ2) is 9.44. The number of para-hydroxylation sites is 2. The number of hydrogen-bond acceptors (Lipinski definition) is 4. The molecular formula is C16H23N3O3. The standard InChI is InChI=1S/C16H23N3O3/c1-4-5-10-15(20)19-18-12(2)11-16(21)17-13-8-6-7-9-14(13)22-3/h6-9,18H,2,4-5,10-11H2,1,3H3,(H,17,21)(H,19,20). The van der Waals surface area contributed by atoms with Crippen LogP contribution in [0, 0.1) is 0 Å². The molecule has 1 aromatic carbocycles. The van der Waals surface area contributed by atoms with E-state index in [0.717, 1.165) is 12.8 Å². The summed E-state index contributed by atoms with van der Waals surface area (Å²) in [6, 6.07) is 7.13. The quantitative estimate of drug-likeness (QED) is 0.612. The van der Waals surface area contributed by atoms with Gasteiger partial charge in [-0.2, -0.15) is 0 Å². The second-order valence-electron chi connectivity index (χ2n) is 4.81. The molecule has 0 aliphatic heterocycles. The molecule has 0 aliphatic rings. The summed E-state index contributed by atoms with van der Waals surface area (Å²) in [6.45, 7) is 5.73. The highest BCUT2D eigenvalue weighted by atomic mass is 16.5. The molecule has 3 N–H and O–H groups in total. The van der Waals surface area contributed by atoms with Crippen LogP contribution in [0.4, 0.5) is 5.69 Å². The fourth-order valence-corrected chi connectivity index (χ4v) is 1.74. The molecule has 0 spiro atoms. The number of hydrogen-bond donors (Lipinski definition) is 3. The zero-order valence-electron chi connectivity index (χ0n) is 13.1. The van der Waals surface area contributed by atoms with Gasteiger partial charge in [0.15, 0.2) is 0 Å². The van der Waals surface area contributed by atoms with Crippen LogP contribution in [-0.4, -0.2) is 18.9 Å². The van der Waals surface area contributed by atoms with Gasteiger partial charge in [-0.3, -0.25) is 15.0 Å². The van der Waals surface area contributed by atoms with Crippen molar-refractivity contribution < 1.29 is 14.3 Å². The average Bonchev–Trinajstić information content (AvgIpc) is 2.51. The van der Waals surface area contributed by atoms with Crippen molar-refractivity contribution in [1.29, 1.82) is 0 Å². The van der Waals surface area contributed by atoms with E-state index in [9.17, 15) is 9.59 Å². The molecule has 0 heterocycles. The number of amides is 2. The summed E-state index contributed by atoms with van der Waals surface area (Å²) >= 11 is 0. The minimum atomic E-state index is -0.246. The van der Waals surface area contributed by atoms with Gasteiger partial charge in [0, 0.05) is 12.1 Å². The van der Waals surface area contributed by atoms with E-state index in [2.05, 4.69) is 22.7 Å². The second-order valence-corrected chi connectivity index (χ2v) is 4.81. The predicted octanol–water partition coefficient (Wildman–Crippen LogP) is 2.35. The van der Waals surface area contributed by atoms with Gasteiger partial charge in [-0.05, 0) is 18.6 Å².